The van der Waals surface area contributed by atoms with Crippen LogP contribution in [0.1, 0.15) is 37.6 Å². The van der Waals surface area contributed by atoms with Crippen molar-refractivity contribution in [1.29, 1.82) is 0 Å². The number of aliphatic hydroxyl groups excluding tert-OH is 1. The Morgan fingerprint density at radius 1 is 1.45 bits per heavy atom. The third-order valence-electron chi connectivity index (χ3n) is 3.78. The molecule has 0 amide bonds. The van der Waals surface area contributed by atoms with Crippen molar-refractivity contribution in [2.24, 2.45) is 5.92 Å². The van der Waals surface area contributed by atoms with Crippen LogP contribution in [0.3, 0.4) is 0 Å². The Morgan fingerprint density at radius 3 is 2.75 bits per heavy atom. The van der Waals surface area contributed by atoms with Crippen LogP contribution >= 0.6 is 0 Å². The van der Waals surface area contributed by atoms with Crippen LogP contribution in [0.5, 0.6) is 0 Å². The largest absolute Gasteiger partial charge is 0.394 e. The lowest BCUT2D eigenvalue weighted by molar-refractivity contribution is 0.267. The molecular formula is C13H23N3O3S. The molecule has 2 N–H and O–H groups in total. The minimum absolute atomic E-state index is 0.0594. The molecule has 1 saturated carbocycles. The van der Waals surface area contributed by atoms with E-state index in [2.05, 4.69) is 16.7 Å². The maximum Gasteiger partial charge on any atom is 0.244 e. The Hall–Kier alpha value is -0.920. The van der Waals surface area contributed by atoms with Gasteiger partial charge in [-0.05, 0) is 32.6 Å². The first-order valence-electron chi connectivity index (χ1n) is 7.08. The molecule has 1 aromatic heterocycles. The van der Waals surface area contributed by atoms with E-state index in [-0.39, 0.29) is 17.5 Å². The highest BCUT2D eigenvalue weighted by Crippen LogP contribution is 2.36. The molecule has 0 spiro atoms. The number of aryl methyl sites for hydroxylation is 1. The van der Waals surface area contributed by atoms with Crippen LogP contribution in [0.15, 0.2) is 4.90 Å². The number of rotatable bonds is 7. The number of nitrogens with one attached hydrogen (secondary N) is 1. The smallest absolute Gasteiger partial charge is 0.244 e. The number of nitrogens with zero attached hydrogens (tertiary/aromatic N) is 2. The normalized spacial score (nSPS) is 22.2. The van der Waals surface area contributed by atoms with Gasteiger partial charge in [0.1, 0.15) is 4.90 Å². The van der Waals surface area contributed by atoms with Crippen molar-refractivity contribution in [3.05, 3.63) is 11.4 Å². The topological polar surface area (TPSA) is 84.2 Å². The Labute approximate surface area is 120 Å². The van der Waals surface area contributed by atoms with Crippen molar-refractivity contribution in [2.45, 2.75) is 57.5 Å². The average Bonchev–Trinajstić information content (AvgIpc) is 2.97. The zero-order valence-electron chi connectivity index (χ0n) is 12.3. The number of aromatic nitrogens is 2. The van der Waals surface area contributed by atoms with Crippen molar-refractivity contribution >= 4 is 10.0 Å². The summed E-state index contributed by atoms with van der Waals surface area (Å²) in [5, 5.41) is 13.2. The van der Waals surface area contributed by atoms with Gasteiger partial charge in [-0.25, -0.2) is 13.1 Å². The van der Waals surface area contributed by atoms with Crippen LogP contribution in [0.4, 0.5) is 0 Å². The monoisotopic (exact) mass is 301 g/mol. The zero-order chi connectivity index (χ0) is 14.9. The number of hydrogen-bond donors (Lipinski definition) is 2. The maximum absolute atomic E-state index is 12.5. The van der Waals surface area contributed by atoms with Crippen molar-refractivity contribution in [2.75, 3.05) is 6.61 Å². The molecule has 2 unspecified atom stereocenters. The number of aliphatic hydroxyl groups is 1. The second kappa shape index (κ2) is 5.83. The highest BCUT2D eigenvalue weighted by Gasteiger charge is 2.40. The van der Waals surface area contributed by atoms with E-state index in [0.717, 1.165) is 19.3 Å². The van der Waals surface area contributed by atoms with Crippen molar-refractivity contribution in [1.82, 2.24) is 14.5 Å². The molecule has 2 rings (SSSR count). The Morgan fingerprint density at radius 2 is 2.15 bits per heavy atom. The Bertz CT molecular complexity index is 580. The van der Waals surface area contributed by atoms with E-state index in [4.69, 9.17) is 5.11 Å². The summed E-state index contributed by atoms with van der Waals surface area (Å²) >= 11 is 0. The minimum atomic E-state index is -3.52. The Kier molecular flexibility index (Phi) is 4.51. The van der Waals surface area contributed by atoms with Crippen LogP contribution in [0.25, 0.3) is 0 Å². The van der Waals surface area contributed by atoms with Gasteiger partial charge in [0.15, 0.2) is 0 Å². The molecule has 1 fully saturated rings. The van der Waals surface area contributed by atoms with Gasteiger partial charge in [0.25, 0.3) is 0 Å². The lowest BCUT2D eigenvalue weighted by atomic mass is 10.2. The van der Waals surface area contributed by atoms with E-state index < -0.39 is 10.0 Å². The molecule has 114 valence electrons. The van der Waals surface area contributed by atoms with E-state index in [1.165, 1.54) is 0 Å². The van der Waals surface area contributed by atoms with Gasteiger partial charge in [-0.15, -0.1) is 0 Å². The van der Waals surface area contributed by atoms with Crippen LogP contribution in [-0.4, -0.2) is 36.0 Å². The molecule has 0 radical (unpaired) electrons. The summed E-state index contributed by atoms with van der Waals surface area (Å²) in [6.07, 6.45) is 3.07. The maximum atomic E-state index is 12.5. The first-order chi connectivity index (χ1) is 9.40. The average molecular weight is 301 g/mol. The fraction of sp³-hybridized carbons (Fsp3) is 0.769. The van der Waals surface area contributed by atoms with Gasteiger partial charge in [-0.1, -0.05) is 13.3 Å². The molecule has 1 aliphatic carbocycles. The Balaban J connectivity index is 2.18. The van der Waals surface area contributed by atoms with Crippen molar-refractivity contribution < 1.29 is 13.5 Å². The summed E-state index contributed by atoms with van der Waals surface area (Å²) in [4.78, 5) is 0.257. The first kappa shape index (κ1) is 15.5. The molecule has 1 aliphatic rings. The third kappa shape index (κ3) is 3.05. The molecule has 20 heavy (non-hydrogen) atoms. The minimum Gasteiger partial charge on any atom is -0.394 e. The molecule has 6 nitrogen and oxygen atoms in total. The van der Waals surface area contributed by atoms with Gasteiger partial charge < -0.3 is 5.11 Å². The highest BCUT2D eigenvalue weighted by atomic mass is 32.2. The zero-order valence-corrected chi connectivity index (χ0v) is 13.1. The summed E-state index contributed by atoms with van der Waals surface area (Å²) in [7, 11) is -3.52. The van der Waals surface area contributed by atoms with Crippen molar-refractivity contribution in [3.63, 3.8) is 0 Å². The van der Waals surface area contributed by atoms with Gasteiger partial charge in [0.05, 0.1) is 24.5 Å². The van der Waals surface area contributed by atoms with Crippen LogP contribution in [0, 0.1) is 19.8 Å². The van der Waals surface area contributed by atoms with Gasteiger partial charge >= 0.3 is 0 Å². The summed E-state index contributed by atoms with van der Waals surface area (Å²) in [6, 6.07) is 0.0694. The lowest BCUT2D eigenvalue weighted by Crippen LogP contribution is -2.28. The predicted molar refractivity (Wildman–Crippen MR) is 75.9 cm³/mol. The summed E-state index contributed by atoms with van der Waals surface area (Å²) in [5.41, 5.74) is 1.06. The molecule has 1 aromatic rings. The van der Waals surface area contributed by atoms with E-state index >= 15 is 0 Å². The highest BCUT2D eigenvalue weighted by molar-refractivity contribution is 7.89. The number of hydrogen-bond acceptors (Lipinski definition) is 4. The van der Waals surface area contributed by atoms with E-state index in [1.807, 2.05) is 0 Å². The second-order valence-electron chi connectivity index (χ2n) is 5.46. The van der Waals surface area contributed by atoms with Gasteiger partial charge in [0.2, 0.25) is 10.0 Å². The predicted octanol–water partition coefficient (Wildman–Crippen LogP) is 0.959. The van der Waals surface area contributed by atoms with E-state index in [1.54, 1.807) is 18.5 Å². The quantitative estimate of drug-likeness (QED) is 0.785. The van der Waals surface area contributed by atoms with Crippen LogP contribution in [-0.2, 0) is 16.6 Å². The molecular weight excluding hydrogens is 278 g/mol. The SMILES string of the molecule is CCCC1CC1NS(=O)(=O)c1c(C)nn(CCO)c1C. The molecule has 2 atom stereocenters. The summed E-state index contributed by atoms with van der Waals surface area (Å²) in [6.45, 7) is 5.77. The van der Waals surface area contributed by atoms with Gasteiger partial charge in [0, 0.05) is 6.04 Å². The van der Waals surface area contributed by atoms with Gasteiger partial charge in [-0.3, -0.25) is 4.68 Å². The standard InChI is InChI=1S/C13H23N3O3S/c1-4-5-11-8-12(11)15-20(18,19)13-9(2)14-16(6-7-17)10(13)3/h11-12,15,17H,4-8H2,1-3H3. The molecule has 7 heteroatoms. The second-order valence-corrected chi connectivity index (χ2v) is 7.11. The van der Waals surface area contributed by atoms with E-state index in [0.29, 0.717) is 23.9 Å². The summed E-state index contributed by atoms with van der Waals surface area (Å²) in [5.74, 6) is 0.475. The molecule has 0 bridgehead atoms. The molecule has 0 saturated heterocycles. The lowest BCUT2D eigenvalue weighted by Gasteiger charge is -2.07. The first-order valence-corrected chi connectivity index (χ1v) is 8.56. The fourth-order valence-corrected chi connectivity index (χ4v) is 4.45. The summed E-state index contributed by atoms with van der Waals surface area (Å²) < 4.78 is 29.2. The van der Waals surface area contributed by atoms with E-state index in [9.17, 15) is 8.42 Å². The molecule has 0 aliphatic heterocycles. The van der Waals surface area contributed by atoms with Gasteiger partial charge in [-0.2, -0.15) is 5.10 Å². The number of sulfonamides is 1. The molecule has 1 heterocycles. The molecule has 0 aromatic carbocycles. The fourth-order valence-electron chi connectivity index (χ4n) is 2.72. The van der Waals surface area contributed by atoms with Crippen LogP contribution in [0.2, 0.25) is 0 Å². The third-order valence-corrected chi connectivity index (χ3v) is 5.53. The van der Waals surface area contributed by atoms with Crippen molar-refractivity contribution in [3.8, 4) is 0 Å². The van der Waals surface area contributed by atoms with Crippen LogP contribution < -0.4 is 4.72 Å².